The third-order valence-corrected chi connectivity index (χ3v) is 6.53. The average Bonchev–Trinajstić information content (AvgIpc) is 3.30. The van der Waals surface area contributed by atoms with E-state index in [1.165, 1.54) is 30.3 Å². The highest BCUT2D eigenvalue weighted by Gasteiger charge is 2.21. The number of nitrogens with zero attached hydrogens (tertiary/aromatic N) is 1. The lowest BCUT2D eigenvalue weighted by molar-refractivity contribution is 0.102. The van der Waals surface area contributed by atoms with Crippen LogP contribution in [-0.2, 0) is 10.0 Å². The van der Waals surface area contributed by atoms with Crippen molar-refractivity contribution >= 4 is 33.0 Å². The zero-order valence-electron chi connectivity index (χ0n) is 16.7. The van der Waals surface area contributed by atoms with Gasteiger partial charge in [0.15, 0.2) is 0 Å². The van der Waals surface area contributed by atoms with Gasteiger partial charge < -0.3 is 10.2 Å². The van der Waals surface area contributed by atoms with Gasteiger partial charge in [0.05, 0.1) is 10.6 Å². The Morgan fingerprint density at radius 2 is 1.55 bits per heavy atom. The van der Waals surface area contributed by atoms with Crippen LogP contribution >= 0.6 is 0 Å². The molecule has 3 aromatic carbocycles. The number of para-hydroxylation sites is 2. The Morgan fingerprint density at radius 1 is 0.871 bits per heavy atom. The van der Waals surface area contributed by atoms with Crippen molar-refractivity contribution in [3.8, 4) is 0 Å². The normalized spacial score (nSPS) is 13.8. The predicted octanol–water partition coefficient (Wildman–Crippen LogP) is 4.48. The molecular weight excluding hydrogens is 417 g/mol. The molecule has 2 N–H and O–H groups in total. The summed E-state index contributed by atoms with van der Waals surface area (Å²) < 4.78 is 42.1. The maximum Gasteiger partial charge on any atom is 0.261 e. The third kappa shape index (κ3) is 4.69. The third-order valence-electron chi connectivity index (χ3n) is 5.13. The Bertz CT molecular complexity index is 1180. The van der Waals surface area contributed by atoms with Crippen LogP contribution in [0.25, 0.3) is 0 Å². The molecule has 3 aromatic rings. The highest BCUT2D eigenvalue weighted by atomic mass is 32.2. The Balaban J connectivity index is 1.52. The Kier molecular flexibility index (Phi) is 5.90. The Labute approximate surface area is 180 Å². The number of hydrogen-bond acceptors (Lipinski definition) is 4. The number of halogens is 1. The van der Waals surface area contributed by atoms with Gasteiger partial charge in [-0.25, -0.2) is 12.8 Å². The minimum atomic E-state index is -3.79. The van der Waals surface area contributed by atoms with Gasteiger partial charge in [-0.3, -0.25) is 9.52 Å². The molecule has 6 nitrogen and oxygen atoms in total. The summed E-state index contributed by atoms with van der Waals surface area (Å²) in [5, 5.41) is 2.65. The lowest BCUT2D eigenvalue weighted by atomic mass is 10.2. The molecule has 0 radical (unpaired) electrons. The number of carbonyl (C=O) groups excluding carboxylic acids is 1. The van der Waals surface area contributed by atoms with E-state index in [1.807, 2.05) is 4.90 Å². The molecule has 0 bridgehead atoms. The van der Waals surface area contributed by atoms with Crippen molar-refractivity contribution in [2.75, 3.05) is 28.0 Å². The summed E-state index contributed by atoms with van der Waals surface area (Å²) in [7, 11) is -3.79. The molecule has 31 heavy (non-hydrogen) atoms. The fraction of sp³-hybridized carbons (Fsp3) is 0.174. The highest BCUT2D eigenvalue weighted by molar-refractivity contribution is 7.92. The number of carbonyl (C=O) groups is 1. The van der Waals surface area contributed by atoms with Gasteiger partial charge >= 0.3 is 0 Å². The number of nitrogens with one attached hydrogen (secondary N) is 2. The zero-order chi connectivity index (χ0) is 21.8. The van der Waals surface area contributed by atoms with Gasteiger partial charge in [0.25, 0.3) is 15.9 Å². The van der Waals surface area contributed by atoms with Gasteiger partial charge in [-0.2, -0.15) is 0 Å². The summed E-state index contributed by atoms with van der Waals surface area (Å²) in [6.07, 6.45) is 2.05. The predicted molar refractivity (Wildman–Crippen MR) is 119 cm³/mol. The maximum absolute atomic E-state index is 14.5. The lowest BCUT2D eigenvalue weighted by Crippen LogP contribution is -2.22. The van der Waals surface area contributed by atoms with Crippen molar-refractivity contribution < 1.29 is 17.6 Å². The second-order valence-corrected chi connectivity index (χ2v) is 8.96. The second kappa shape index (κ2) is 8.77. The molecule has 1 fully saturated rings. The summed E-state index contributed by atoms with van der Waals surface area (Å²) >= 11 is 0. The van der Waals surface area contributed by atoms with Crippen LogP contribution in [0.1, 0.15) is 23.2 Å². The molecule has 8 heteroatoms. The molecule has 1 aliphatic rings. The number of benzene rings is 3. The molecule has 1 saturated heterocycles. The minimum absolute atomic E-state index is 0.0246. The molecule has 1 heterocycles. The van der Waals surface area contributed by atoms with Crippen LogP contribution in [0.5, 0.6) is 0 Å². The lowest BCUT2D eigenvalue weighted by Gasteiger charge is -2.22. The first-order chi connectivity index (χ1) is 14.9. The van der Waals surface area contributed by atoms with Crippen molar-refractivity contribution in [1.82, 2.24) is 0 Å². The molecule has 0 spiro atoms. The fourth-order valence-electron chi connectivity index (χ4n) is 3.55. The van der Waals surface area contributed by atoms with E-state index in [2.05, 4.69) is 10.0 Å². The van der Waals surface area contributed by atoms with E-state index in [1.54, 1.807) is 42.5 Å². The maximum atomic E-state index is 14.5. The van der Waals surface area contributed by atoms with Gasteiger partial charge in [0, 0.05) is 24.3 Å². The first-order valence-corrected chi connectivity index (χ1v) is 11.4. The summed E-state index contributed by atoms with van der Waals surface area (Å²) in [5.74, 6) is -1.02. The Morgan fingerprint density at radius 3 is 2.23 bits per heavy atom. The van der Waals surface area contributed by atoms with Crippen molar-refractivity contribution in [3.05, 3.63) is 84.2 Å². The second-order valence-electron chi connectivity index (χ2n) is 7.28. The monoisotopic (exact) mass is 439 g/mol. The molecule has 1 aliphatic heterocycles. The molecule has 0 aliphatic carbocycles. The van der Waals surface area contributed by atoms with Gasteiger partial charge in [-0.15, -0.1) is 0 Å². The molecule has 0 unspecified atom stereocenters. The van der Waals surface area contributed by atoms with Crippen molar-refractivity contribution in [2.45, 2.75) is 17.7 Å². The van der Waals surface area contributed by atoms with E-state index >= 15 is 0 Å². The number of amides is 1. The van der Waals surface area contributed by atoms with Gasteiger partial charge in [-0.05, 0) is 61.4 Å². The van der Waals surface area contributed by atoms with Crippen molar-refractivity contribution in [3.63, 3.8) is 0 Å². The Hall–Kier alpha value is -3.39. The molecule has 4 rings (SSSR count). The van der Waals surface area contributed by atoms with Crippen LogP contribution in [0.15, 0.2) is 77.7 Å². The van der Waals surface area contributed by atoms with Gasteiger partial charge in [-0.1, -0.05) is 24.3 Å². The smallest absolute Gasteiger partial charge is 0.261 e. The van der Waals surface area contributed by atoms with Crippen molar-refractivity contribution in [1.29, 1.82) is 0 Å². The number of anilines is 3. The SMILES string of the molecule is O=C(Nc1c(F)cccc1N1CCCC1)c1ccc(S(=O)(=O)Nc2ccccc2)cc1. The molecule has 160 valence electrons. The molecule has 1 amide bonds. The highest BCUT2D eigenvalue weighted by Crippen LogP contribution is 2.31. The quantitative estimate of drug-likeness (QED) is 0.594. The van der Waals surface area contributed by atoms with Gasteiger partial charge in [0.2, 0.25) is 0 Å². The summed E-state index contributed by atoms with van der Waals surface area (Å²) in [4.78, 5) is 14.8. The molecule has 0 atom stereocenters. The van der Waals surface area contributed by atoms with Crippen LogP contribution in [0, 0.1) is 5.82 Å². The van der Waals surface area contributed by atoms with Crippen LogP contribution in [0.2, 0.25) is 0 Å². The van der Waals surface area contributed by atoms with Crippen LogP contribution in [0.3, 0.4) is 0 Å². The van der Waals surface area contributed by atoms with Crippen LogP contribution in [-0.4, -0.2) is 27.4 Å². The average molecular weight is 440 g/mol. The molecule has 0 saturated carbocycles. The molecule has 0 aromatic heterocycles. The summed E-state index contributed by atoms with van der Waals surface area (Å²) in [6.45, 7) is 1.63. The largest absolute Gasteiger partial charge is 0.370 e. The van der Waals surface area contributed by atoms with E-state index in [9.17, 15) is 17.6 Å². The zero-order valence-corrected chi connectivity index (χ0v) is 17.5. The summed E-state index contributed by atoms with van der Waals surface area (Å²) in [5.41, 5.74) is 1.46. The van der Waals surface area contributed by atoms with Crippen molar-refractivity contribution in [2.24, 2.45) is 0 Å². The standard InChI is InChI=1S/C23H22FN3O3S/c24-20-9-6-10-21(27-15-4-5-16-27)22(20)25-23(28)17-11-13-19(14-12-17)31(29,30)26-18-7-2-1-3-8-18/h1-3,6-14,26H,4-5,15-16H2,(H,25,28). The first-order valence-electron chi connectivity index (χ1n) is 9.97. The van der Waals surface area contributed by atoms with Crippen LogP contribution < -0.4 is 14.9 Å². The number of sulfonamides is 1. The molecular formula is C23H22FN3O3S. The number of hydrogen-bond donors (Lipinski definition) is 2. The fourth-order valence-corrected chi connectivity index (χ4v) is 4.61. The first kappa shape index (κ1) is 20.9. The minimum Gasteiger partial charge on any atom is -0.370 e. The van der Waals surface area contributed by atoms with Crippen LogP contribution in [0.4, 0.5) is 21.5 Å². The summed E-state index contributed by atoms with van der Waals surface area (Å²) in [6, 6.07) is 18.8. The van der Waals surface area contributed by atoms with E-state index in [4.69, 9.17) is 0 Å². The van der Waals surface area contributed by atoms with E-state index in [0.29, 0.717) is 11.4 Å². The number of rotatable bonds is 6. The van der Waals surface area contributed by atoms with E-state index in [0.717, 1.165) is 25.9 Å². The topological polar surface area (TPSA) is 78.5 Å². The van der Waals surface area contributed by atoms with E-state index < -0.39 is 21.7 Å². The van der Waals surface area contributed by atoms with Gasteiger partial charge in [0.1, 0.15) is 11.5 Å². The van der Waals surface area contributed by atoms with E-state index in [-0.39, 0.29) is 16.1 Å².